The highest BCUT2D eigenvalue weighted by molar-refractivity contribution is 7.98. The van der Waals surface area contributed by atoms with Crippen LogP contribution in [-0.4, -0.2) is 29.2 Å². The van der Waals surface area contributed by atoms with E-state index in [1.54, 1.807) is 11.8 Å². The first kappa shape index (κ1) is 16.8. The van der Waals surface area contributed by atoms with Crippen LogP contribution in [0.5, 0.6) is 0 Å². The van der Waals surface area contributed by atoms with Gasteiger partial charge in [-0.15, -0.1) is 11.8 Å². The van der Waals surface area contributed by atoms with Gasteiger partial charge in [-0.2, -0.15) is 0 Å². The first-order valence-electron chi connectivity index (χ1n) is 8.20. The maximum Gasteiger partial charge on any atom is 0.315 e. The van der Waals surface area contributed by atoms with Gasteiger partial charge in [0, 0.05) is 22.7 Å². The number of rotatable bonds is 6. The average molecular weight is 343 g/mol. The van der Waals surface area contributed by atoms with Gasteiger partial charge in [-0.3, -0.25) is 9.59 Å². The topological polar surface area (TPSA) is 48.3 Å². The van der Waals surface area contributed by atoms with Gasteiger partial charge in [-0.05, 0) is 55.5 Å². The number of hydrogen-bond donors (Lipinski definition) is 0. The van der Waals surface area contributed by atoms with Crippen molar-refractivity contribution in [3.63, 3.8) is 0 Å². The quantitative estimate of drug-likeness (QED) is 0.454. The lowest BCUT2D eigenvalue weighted by Gasteiger charge is -2.09. The van der Waals surface area contributed by atoms with Crippen molar-refractivity contribution >= 4 is 23.5 Å². The predicted molar refractivity (Wildman–Crippen MR) is 94.7 cm³/mol. The third kappa shape index (κ3) is 3.13. The predicted octanol–water partition coefficient (Wildman–Crippen LogP) is 3.88. The summed E-state index contributed by atoms with van der Waals surface area (Å²) in [6, 6.07) is 11.3. The molecule has 0 radical (unpaired) electrons. The summed E-state index contributed by atoms with van der Waals surface area (Å²) < 4.78 is 7.23. The molecule has 1 aliphatic rings. The number of ketones is 1. The summed E-state index contributed by atoms with van der Waals surface area (Å²) in [5, 5.41) is 0. The normalized spacial score (nSPS) is 16.0. The maximum atomic E-state index is 12.8. The smallest absolute Gasteiger partial charge is 0.315 e. The number of nitrogens with zero attached hydrogens (tertiary/aromatic N) is 1. The highest BCUT2D eigenvalue weighted by Gasteiger charge is 2.32. The van der Waals surface area contributed by atoms with Gasteiger partial charge in [0.2, 0.25) is 5.78 Å². The molecule has 24 heavy (non-hydrogen) atoms. The second kappa shape index (κ2) is 7.26. The molecule has 2 heterocycles. The molecule has 1 aromatic heterocycles. The molecule has 1 aliphatic heterocycles. The van der Waals surface area contributed by atoms with Gasteiger partial charge in [0.25, 0.3) is 0 Å². The summed E-state index contributed by atoms with van der Waals surface area (Å²) in [4.78, 5) is 26.1. The van der Waals surface area contributed by atoms with E-state index in [0.29, 0.717) is 30.8 Å². The molecule has 2 aromatic rings. The Balaban J connectivity index is 1.82. The second-order valence-corrected chi connectivity index (χ2v) is 6.74. The Labute approximate surface area is 146 Å². The minimum absolute atomic E-state index is 0.00326. The Morgan fingerprint density at radius 3 is 2.62 bits per heavy atom. The molecular formula is C19H21NO3S. The van der Waals surface area contributed by atoms with Gasteiger partial charge >= 0.3 is 5.97 Å². The van der Waals surface area contributed by atoms with E-state index in [4.69, 9.17) is 4.74 Å². The van der Waals surface area contributed by atoms with E-state index >= 15 is 0 Å². The van der Waals surface area contributed by atoms with E-state index in [9.17, 15) is 9.59 Å². The Bertz CT molecular complexity index is 748. The van der Waals surface area contributed by atoms with Gasteiger partial charge in [0.05, 0.1) is 18.2 Å². The molecular weight excluding hydrogens is 322 g/mol. The van der Waals surface area contributed by atoms with Crippen molar-refractivity contribution in [2.24, 2.45) is 0 Å². The molecule has 126 valence electrons. The summed E-state index contributed by atoms with van der Waals surface area (Å²) in [7, 11) is 0. The molecule has 3 rings (SSSR count). The Morgan fingerprint density at radius 2 is 1.96 bits per heavy atom. The van der Waals surface area contributed by atoms with E-state index in [0.717, 1.165) is 17.0 Å². The number of hydrogen-bond acceptors (Lipinski definition) is 4. The number of benzene rings is 1. The Kier molecular flexibility index (Phi) is 5.09. The molecule has 1 unspecified atom stereocenters. The van der Waals surface area contributed by atoms with Crippen molar-refractivity contribution in [3.8, 4) is 0 Å². The van der Waals surface area contributed by atoms with E-state index < -0.39 is 0 Å². The number of esters is 1. The fraction of sp³-hybridized carbons (Fsp3) is 0.368. The highest BCUT2D eigenvalue weighted by atomic mass is 32.2. The largest absolute Gasteiger partial charge is 0.465 e. The Hall–Kier alpha value is -2.01. The third-order valence-electron chi connectivity index (χ3n) is 4.33. The van der Waals surface area contributed by atoms with Gasteiger partial charge in [-0.1, -0.05) is 6.92 Å². The van der Waals surface area contributed by atoms with Crippen LogP contribution in [0.3, 0.4) is 0 Å². The van der Waals surface area contributed by atoms with Crippen LogP contribution in [0.1, 0.15) is 47.4 Å². The van der Waals surface area contributed by atoms with Gasteiger partial charge in [0.15, 0.2) is 0 Å². The van der Waals surface area contributed by atoms with Crippen LogP contribution in [-0.2, 0) is 16.1 Å². The molecule has 0 N–H and O–H groups in total. The second-order valence-electron chi connectivity index (χ2n) is 5.86. The Morgan fingerprint density at radius 1 is 1.21 bits per heavy atom. The molecule has 0 spiro atoms. The summed E-state index contributed by atoms with van der Waals surface area (Å²) in [6.45, 7) is 3.10. The van der Waals surface area contributed by atoms with Crippen LogP contribution >= 0.6 is 11.8 Å². The summed E-state index contributed by atoms with van der Waals surface area (Å²) >= 11 is 1.65. The van der Waals surface area contributed by atoms with Gasteiger partial charge in [-0.25, -0.2) is 0 Å². The fourth-order valence-corrected chi connectivity index (χ4v) is 3.48. The molecule has 0 saturated carbocycles. The van der Waals surface area contributed by atoms with Crippen LogP contribution in [0.4, 0.5) is 0 Å². The van der Waals surface area contributed by atoms with Gasteiger partial charge in [0.1, 0.15) is 0 Å². The zero-order valence-electron chi connectivity index (χ0n) is 14.0. The number of fused-ring (bicyclic) bond motifs is 1. The molecule has 0 fully saturated rings. The third-order valence-corrected chi connectivity index (χ3v) is 5.07. The minimum atomic E-state index is -0.253. The van der Waals surface area contributed by atoms with E-state index in [1.165, 1.54) is 0 Å². The molecule has 0 saturated heterocycles. The number of aromatic nitrogens is 1. The van der Waals surface area contributed by atoms with Gasteiger partial charge < -0.3 is 9.30 Å². The monoisotopic (exact) mass is 343 g/mol. The first-order chi connectivity index (χ1) is 11.7. The molecule has 0 amide bonds. The molecule has 5 heteroatoms. The van der Waals surface area contributed by atoms with Crippen molar-refractivity contribution in [3.05, 3.63) is 53.3 Å². The lowest BCUT2D eigenvalue weighted by Crippen LogP contribution is -2.14. The van der Waals surface area contributed by atoms with E-state index in [1.807, 2.05) is 54.1 Å². The zero-order chi connectivity index (χ0) is 17.1. The molecule has 1 aromatic carbocycles. The maximum absolute atomic E-state index is 12.8. The van der Waals surface area contributed by atoms with Crippen molar-refractivity contribution < 1.29 is 14.3 Å². The van der Waals surface area contributed by atoms with Crippen molar-refractivity contribution in [2.45, 2.75) is 37.1 Å². The van der Waals surface area contributed by atoms with Crippen molar-refractivity contribution in [1.82, 2.24) is 4.57 Å². The number of carbonyl (C=O) groups excluding carboxylic acids is 2. The molecule has 1 atom stereocenters. The van der Waals surface area contributed by atoms with Crippen molar-refractivity contribution in [2.75, 3.05) is 12.9 Å². The van der Waals surface area contributed by atoms with Crippen LogP contribution in [0, 0.1) is 0 Å². The first-order valence-corrected chi connectivity index (χ1v) is 9.43. The lowest BCUT2D eigenvalue weighted by molar-refractivity contribution is -0.145. The van der Waals surface area contributed by atoms with Crippen LogP contribution < -0.4 is 0 Å². The SMILES string of the molecule is CCCOC(=O)C1CCn2c(C(=O)c3ccc(SC)cc3)ccc21. The van der Waals surface area contributed by atoms with Crippen molar-refractivity contribution in [1.29, 1.82) is 0 Å². The molecule has 0 bridgehead atoms. The zero-order valence-corrected chi connectivity index (χ0v) is 14.8. The summed E-state index contributed by atoms with van der Waals surface area (Å²) in [5.41, 5.74) is 2.21. The number of thioether (sulfide) groups is 1. The standard InChI is InChI=1S/C19H21NO3S/c1-3-12-23-19(22)15-10-11-20-16(15)8-9-17(20)18(21)13-4-6-14(24-2)7-5-13/h4-9,15H,3,10-12H2,1-2H3. The summed E-state index contributed by atoms with van der Waals surface area (Å²) in [5.74, 6) is -0.439. The number of ether oxygens (including phenoxy) is 1. The van der Waals surface area contributed by atoms with E-state index in [-0.39, 0.29) is 17.7 Å². The molecule has 4 nitrogen and oxygen atoms in total. The summed E-state index contributed by atoms with van der Waals surface area (Å²) in [6.07, 6.45) is 3.52. The van der Waals surface area contributed by atoms with Crippen LogP contribution in [0.2, 0.25) is 0 Å². The highest BCUT2D eigenvalue weighted by Crippen LogP contribution is 2.32. The number of carbonyl (C=O) groups is 2. The van der Waals surface area contributed by atoms with Crippen LogP contribution in [0.25, 0.3) is 0 Å². The fourth-order valence-electron chi connectivity index (χ4n) is 3.07. The van der Waals surface area contributed by atoms with Crippen LogP contribution in [0.15, 0.2) is 41.3 Å². The van der Waals surface area contributed by atoms with E-state index in [2.05, 4.69) is 0 Å². The minimum Gasteiger partial charge on any atom is -0.465 e. The average Bonchev–Trinajstić information content (AvgIpc) is 3.21. The molecule has 0 aliphatic carbocycles. The lowest BCUT2D eigenvalue weighted by atomic mass is 10.1.